The summed E-state index contributed by atoms with van der Waals surface area (Å²) in [7, 11) is 2.09. The average molecular weight is 428 g/mol. The number of rotatable bonds is 5. The van der Waals surface area contributed by atoms with Crippen LogP contribution in [-0.4, -0.2) is 93.0 Å². The second-order valence-electron chi connectivity index (χ2n) is 8.86. The van der Waals surface area contributed by atoms with E-state index in [0.29, 0.717) is 18.3 Å². The van der Waals surface area contributed by atoms with Gasteiger partial charge in [-0.2, -0.15) is 5.10 Å². The van der Waals surface area contributed by atoms with E-state index in [4.69, 9.17) is 0 Å². The number of amides is 1. The first-order valence-electron chi connectivity index (χ1n) is 11.2. The molecule has 168 valence electrons. The third kappa shape index (κ3) is 5.04. The molecule has 9 heteroatoms. The van der Waals surface area contributed by atoms with E-state index in [-0.39, 0.29) is 11.5 Å². The second kappa shape index (κ2) is 9.32. The highest BCUT2D eigenvalue weighted by Crippen LogP contribution is 2.18. The number of nitrogens with zero attached hydrogens (tertiary/aromatic N) is 7. The maximum atomic E-state index is 12.8. The van der Waals surface area contributed by atoms with Crippen LogP contribution in [0.5, 0.6) is 0 Å². The molecular weight excluding hydrogens is 394 g/mol. The number of likely N-dealkylation sites (tertiary alicyclic amines) is 1. The van der Waals surface area contributed by atoms with Crippen molar-refractivity contribution in [1.82, 2.24) is 34.3 Å². The Morgan fingerprint density at radius 2 is 1.84 bits per heavy atom. The number of aryl methyl sites for hydroxylation is 2. The monoisotopic (exact) mass is 427 g/mol. The van der Waals surface area contributed by atoms with Crippen molar-refractivity contribution in [2.24, 2.45) is 5.92 Å². The first-order valence-corrected chi connectivity index (χ1v) is 11.2. The number of aromatic nitrogens is 4. The van der Waals surface area contributed by atoms with Crippen LogP contribution in [0.3, 0.4) is 0 Å². The summed E-state index contributed by atoms with van der Waals surface area (Å²) in [4.78, 5) is 31.7. The van der Waals surface area contributed by atoms with Crippen molar-refractivity contribution in [2.75, 3.05) is 52.9 Å². The lowest BCUT2D eigenvalue weighted by molar-refractivity contribution is -0.139. The Morgan fingerprint density at radius 3 is 2.52 bits per heavy atom. The molecule has 31 heavy (non-hydrogen) atoms. The summed E-state index contributed by atoms with van der Waals surface area (Å²) in [5, 5.41) is 8.98. The summed E-state index contributed by atoms with van der Waals surface area (Å²) in [6, 6.07) is 5.26. The molecule has 2 fully saturated rings. The lowest BCUT2D eigenvalue weighted by Crippen LogP contribution is -2.52. The fourth-order valence-electron chi connectivity index (χ4n) is 4.63. The molecule has 2 aromatic rings. The van der Waals surface area contributed by atoms with Gasteiger partial charge < -0.3 is 9.80 Å². The summed E-state index contributed by atoms with van der Waals surface area (Å²) >= 11 is 0. The van der Waals surface area contributed by atoms with Gasteiger partial charge in [0.25, 0.3) is 5.56 Å². The number of carbonyl (C=O) groups is 1. The molecule has 0 aliphatic carbocycles. The Labute approximate surface area is 183 Å². The zero-order valence-corrected chi connectivity index (χ0v) is 18.8. The van der Waals surface area contributed by atoms with Crippen molar-refractivity contribution >= 4 is 5.91 Å². The maximum Gasteiger partial charge on any atom is 0.266 e. The van der Waals surface area contributed by atoms with Crippen molar-refractivity contribution < 1.29 is 4.79 Å². The van der Waals surface area contributed by atoms with Crippen molar-refractivity contribution in [1.29, 1.82) is 0 Å². The highest BCUT2D eigenvalue weighted by molar-refractivity contribution is 5.79. The van der Waals surface area contributed by atoms with E-state index in [1.165, 1.54) is 4.68 Å². The normalized spacial score (nSPS) is 20.9. The molecule has 9 nitrogen and oxygen atoms in total. The first-order chi connectivity index (χ1) is 14.9. The van der Waals surface area contributed by atoms with Gasteiger partial charge in [-0.1, -0.05) is 0 Å². The quantitative estimate of drug-likeness (QED) is 0.693. The van der Waals surface area contributed by atoms with Crippen LogP contribution in [0.2, 0.25) is 0 Å². The Morgan fingerprint density at radius 1 is 1.06 bits per heavy atom. The standard InChI is InChI=1S/C22H33N7O2/c1-17-15-18(2)29(23-17)20-6-7-21(30)28(24-20)14-11-26-9-12-27(13-10-26)22(31)19-5-4-8-25(3)16-19/h6-7,15,19H,4-5,8-14,16H2,1-3H3. The number of piperazine rings is 1. The second-order valence-corrected chi connectivity index (χ2v) is 8.86. The molecule has 0 saturated carbocycles. The van der Waals surface area contributed by atoms with E-state index in [1.807, 2.05) is 24.8 Å². The van der Waals surface area contributed by atoms with Crippen LogP contribution in [0.15, 0.2) is 23.0 Å². The molecule has 2 aliphatic heterocycles. The summed E-state index contributed by atoms with van der Waals surface area (Å²) in [5.74, 6) is 1.10. The van der Waals surface area contributed by atoms with Crippen LogP contribution in [-0.2, 0) is 11.3 Å². The molecular formula is C22H33N7O2. The molecule has 1 amide bonds. The van der Waals surface area contributed by atoms with Crippen LogP contribution in [0.1, 0.15) is 24.2 Å². The summed E-state index contributed by atoms with van der Waals surface area (Å²) in [6.07, 6.45) is 2.11. The van der Waals surface area contributed by atoms with Gasteiger partial charge in [0, 0.05) is 51.0 Å². The number of carbonyl (C=O) groups excluding carboxylic acids is 1. The van der Waals surface area contributed by atoms with Crippen LogP contribution < -0.4 is 5.56 Å². The van der Waals surface area contributed by atoms with E-state index in [9.17, 15) is 9.59 Å². The molecule has 4 heterocycles. The van der Waals surface area contributed by atoms with E-state index in [1.54, 1.807) is 16.8 Å². The topological polar surface area (TPSA) is 79.5 Å². The molecule has 0 radical (unpaired) electrons. The van der Waals surface area contributed by atoms with E-state index < -0.39 is 0 Å². The minimum absolute atomic E-state index is 0.111. The molecule has 0 bridgehead atoms. The molecule has 0 aromatic carbocycles. The van der Waals surface area contributed by atoms with Crippen molar-refractivity contribution in [2.45, 2.75) is 33.2 Å². The van der Waals surface area contributed by atoms with E-state index >= 15 is 0 Å². The van der Waals surface area contributed by atoms with Gasteiger partial charge in [-0.15, -0.1) is 5.10 Å². The van der Waals surface area contributed by atoms with Gasteiger partial charge in [-0.3, -0.25) is 14.5 Å². The zero-order valence-electron chi connectivity index (χ0n) is 18.8. The Kier molecular flexibility index (Phi) is 6.52. The zero-order chi connectivity index (χ0) is 22.0. The van der Waals surface area contributed by atoms with Gasteiger partial charge >= 0.3 is 0 Å². The minimum Gasteiger partial charge on any atom is -0.340 e. The van der Waals surface area contributed by atoms with Crippen LogP contribution in [0.4, 0.5) is 0 Å². The molecule has 0 spiro atoms. The van der Waals surface area contributed by atoms with Crippen LogP contribution in [0, 0.1) is 19.8 Å². The van der Waals surface area contributed by atoms with Crippen LogP contribution in [0.25, 0.3) is 5.82 Å². The summed E-state index contributed by atoms with van der Waals surface area (Å²) in [6.45, 7) is 10.3. The summed E-state index contributed by atoms with van der Waals surface area (Å²) < 4.78 is 3.28. The number of hydrogen-bond donors (Lipinski definition) is 0. The van der Waals surface area contributed by atoms with Gasteiger partial charge in [0.1, 0.15) is 0 Å². The van der Waals surface area contributed by atoms with Gasteiger partial charge in [0.2, 0.25) is 5.91 Å². The van der Waals surface area contributed by atoms with E-state index in [0.717, 1.165) is 70.0 Å². The molecule has 1 unspecified atom stereocenters. The minimum atomic E-state index is -0.111. The van der Waals surface area contributed by atoms with E-state index in [2.05, 4.69) is 27.0 Å². The Hall–Kier alpha value is -2.52. The molecule has 0 N–H and O–H groups in total. The number of hydrogen-bond acceptors (Lipinski definition) is 6. The maximum absolute atomic E-state index is 12.8. The predicted molar refractivity (Wildman–Crippen MR) is 118 cm³/mol. The molecule has 2 saturated heterocycles. The summed E-state index contributed by atoms with van der Waals surface area (Å²) in [5.41, 5.74) is 1.80. The molecule has 2 aromatic heterocycles. The van der Waals surface area contributed by atoms with Gasteiger partial charge in [-0.25, -0.2) is 9.36 Å². The van der Waals surface area contributed by atoms with Crippen molar-refractivity contribution in [3.63, 3.8) is 0 Å². The van der Waals surface area contributed by atoms with Crippen LogP contribution >= 0.6 is 0 Å². The predicted octanol–water partition coefficient (Wildman–Crippen LogP) is 0.532. The smallest absolute Gasteiger partial charge is 0.266 e. The van der Waals surface area contributed by atoms with Gasteiger partial charge in [0.05, 0.1) is 18.2 Å². The van der Waals surface area contributed by atoms with Crippen molar-refractivity contribution in [3.8, 4) is 5.82 Å². The number of piperidine rings is 1. The average Bonchev–Trinajstić information content (AvgIpc) is 3.11. The third-order valence-electron chi connectivity index (χ3n) is 6.36. The Balaban J connectivity index is 1.32. The SMILES string of the molecule is Cc1cc(C)n(-c2ccc(=O)n(CCN3CCN(C(=O)C4CCCN(C)C4)CC3)n2)n1. The fourth-order valence-corrected chi connectivity index (χ4v) is 4.63. The Bertz CT molecular complexity index is 974. The highest BCUT2D eigenvalue weighted by atomic mass is 16.2. The van der Waals surface area contributed by atoms with Gasteiger partial charge in [-0.05, 0) is 52.4 Å². The fraction of sp³-hybridized carbons (Fsp3) is 0.636. The first kappa shape index (κ1) is 21.7. The highest BCUT2D eigenvalue weighted by Gasteiger charge is 2.29. The molecule has 1 atom stereocenters. The molecule has 4 rings (SSSR count). The largest absolute Gasteiger partial charge is 0.340 e. The van der Waals surface area contributed by atoms with Gasteiger partial charge in [0.15, 0.2) is 5.82 Å². The van der Waals surface area contributed by atoms with Crippen molar-refractivity contribution in [3.05, 3.63) is 39.9 Å². The molecule has 2 aliphatic rings. The third-order valence-corrected chi connectivity index (χ3v) is 6.36. The lowest BCUT2D eigenvalue weighted by atomic mass is 9.96. The lowest BCUT2D eigenvalue weighted by Gasteiger charge is -2.38.